The van der Waals surface area contributed by atoms with E-state index >= 15 is 0 Å². The third kappa shape index (κ3) is 5.21. The van der Waals surface area contributed by atoms with Gasteiger partial charge in [-0.25, -0.2) is 0 Å². The number of nitrogens with one attached hydrogen (secondary N) is 1. The van der Waals surface area contributed by atoms with Gasteiger partial charge in [0.1, 0.15) is 12.3 Å². The van der Waals surface area contributed by atoms with E-state index in [4.69, 9.17) is 0 Å². The molecular formula is C19H27FN2O4. The van der Waals surface area contributed by atoms with E-state index in [0.29, 0.717) is 13.5 Å². The van der Waals surface area contributed by atoms with Crippen LogP contribution in [0.5, 0.6) is 0 Å². The van der Waals surface area contributed by atoms with Gasteiger partial charge in [-0.05, 0) is 25.3 Å². The van der Waals surface area contributed by atoms with E-state index < -0.39 is 23.8 Å². The Morgan fingerprint density at radius 2 is 1.77 bits per heavy atom. The molecule has 26 heavy (non-hydrogen) atoms. The van der Waals surface area contributed by atoms with Crippen molar-refractivity contribution < 1.29 is 23.6 Å². The molecule has 1 rings (SSSR count). The summed E-state index contributed by atoms with van der Waals surface area (Å²) in [6, 6.07) is -1.01. The highest BCUT2D eigenvalue weighted by Crippen LogP contribution is 2.30. The van der Waals surface area contributed by atoms with E-state index in [0.717, 1.165) is 10.5 Å². The summed E-state index contributed by atoms with van der Waals surface area (Å²) in [5.74, 6) is -1.41. The Hall–Kier alpha value is -2.57. The second kappa shape index (κ2) is 11.1. The minimum absolute atomic E-state index is 0.0814. The topological polar surface area (TPSA) is 83.6 Å². The van der Waals surface area contributed by atoms with Crippen molar-refractivity contribution in [1.29, 1.82) is 0 Å². The Morgan fingerprint density at radius 3 is 2.19 bits per heavy atom. The van der Waals surface area contributed by atoms with Gasteiger partial charge < -0.3 is 10.1 Å². The predicted octanol–water partition coefficient (Wildman–Crippen LogP) is 2.12. The molecule has 0 bridgehead atoms. The number of amides is 3. The zero-order valence-corrected chi connectivity index (χ0v) is 16.0. The predicted molar refractivity (Wildman–Crippen MR) is 97.9 cm³/mol. The fourth-order valence-corrected chi connectivity index (χ4v) is 2.41. The van der Waals surface area contributed by atoms with Gasteiger partial charge in [-0.1, -0.05) is 32.1 Å². The maximum atomic E-state index is 12.8. The highest BCUT2D eigenvalue weighted by atomic mass is 19.1. The molecule has 144 valence electrons. The molecule has 0 spiro atoms. The monoisotopic (exact) mass is 366 g/mol. The van der Waals surface area contributed by atoms with Crippen LogP contribution in [0.1, 0.15) is 33.6 Å². The van der Waals surface area contributed by atoms with Gasteiger partial charge >= 0.3 is 0 Å². The fourth-order valence-electron chi connectivity index (χ4n) is 2.41. The van der Waals surface area contributed by atoms with Gasteiger partial charge in [0.25, 0.3) is 11.8 Å². The number of likely N-dealkylation sites (tertiary alicyclic amines) is 1. The molecule has 1 atom stereocenters. The number of carbonyl (C=O) groups is 4. The third-order valence-electron chi connectivity index (χ3n) is 3.97. The molecule has 6 nitrogen and oxygen atoms in total. The minimum atomic E-state index is -1.01. The maximum absolute atomic E-state index is 12.8. The number of halogens is 1. The Labute approximate surface area is 153 Å². The molecule has 0 aromatic heterocycles. The Bertz CT molecular complexity index is 635. The van der Waals surface area contributed by atoms with Gasteiger partial charge in [0, 0.05) is 19.0 Å². The number of imide groups is 1. The van der Waals surface area contributed by atoms with Gasteiger partial charge in [-0.3, -0.25) is 23.7 Å². The van der Waals surface area contributed by atoms with Crippen molar-refractivity contribution >= 4 is 24.0 Å². The number of aldehydes is 1. The number of allylic oxidation sites excluding steroid dienone is 3. The summed E-state index contributed by atoms with van der Waals surface area (Å²) < 4.78 is 9.50. The van der Waals surface area contributed by atoms with Crippen molar-refractivity contribution in [1.82, 2.24) is 10.2 Å². The van der Waals surface area contributed by atoms with Crippen molar-refractivity contribution in [3.63, 3.8) is 0 Å². The lowest BCUT2D eigenvalue weighted by Gasteiger charge is -2.23. The first-order chi connectivity index (χ1) is 12.3. The van der Waals surface area contributed by atoms with Crippen LogP contribution in [0.15, 0.2) is 35.5 Å². The van der Waals surface area contributed by atoms with Gasteiger partial charge in [0.15, 0.2) is 0 Å². The zero-order valence-electron chi connectivity index (χ0n) is 16.0. The standard InChI is InChI=1S/C18H24N2O4.CH3F/c1-6-13-14(10-12(4)11(2)3)18(24)20(17(13)23)15(8-7-9-21)16(22)19-5;1-2/h6,9-11,15H,4,7-8H2,1-3,5H3,(H,19,22);1H3/b13-6+,14-10+;. The van der Waals surface area contributed by atoms with Crippen LogP contribution in [0.4, 0.5) is 4.39 Å². The average molecular weight is 366 g/mol. The molecule has 1 aliphatic heterocycles. The van der Waals surface area contributed by atoms with E-state index in [-0.39, 0.29) is 29.9 Å². The summed E-state index contributed by atoms with van der Waals surface area (Å²) in [5.41, 5.74) is 1.21. The van der Waals surface area contributed by atoms with Gasteiger partial charge in [-0.15, -0.1) is 0 Å². The summed E-state index contributed by atoms with van der Waals surface area (Å²) in [5, 5.41) is 2.44. The summed E-state index contributed by atoms with van der Waals surface area (Å²) >= 11 is 0. The summed E-state index contributed by atoms with van der Waals surface area (Å²) in [6.45, 7) is 9.44. The summed E-state index contributed by atoms with van der Waals surface area (Å²) in [6.07, 6.45) is 3.99. The van der Waals surface area contributed by atoms with Crippen LogP contribution in [0.2, 0.25) is 0 Å². The number of alkyl halides is 1. The lowest BCUT2D eigenvalue weighted by atomic mass is 9.99. The van der Waals surface area contributed by atoms with Crippen molar-refractivity contribution in [3.05, 3.63) is 35.5 Å². The highest BCUT2D eigenvalue weighted by Gasteiger charge is 2.44. The van der Waals surface area contributed by atoms with E-state index in [1.807, 2.05) is 13.8 Å². The number of nitrogens with zero attached hydrogens (tertiary/aromatic N) is 1. The number of hydrogen-bond donors (Lipinski definition) is 1. The van der Waals surface area contributed by atoms with Gasteiger partial charge in [0.2, 0.25) is 5.91 Å². The van der Waals surface area contributed by atoms with Crippen molar-refractivity contribution in [3.8, 4) is 0 Å². The van der Waals surface area contributed by atoms with E-state index in [1.54, 1.807) is 19.1 Å². The van der Waals surface area contributed by atoms with Crippen LogP contribution in [-0.4, -0.2) is 49.2 Å². The fraction of sp³-hybridized carbons (Fsp3) is 0.474. The van der Waals surface area contributed by atoms with E-state index in [2.05, 4.69) is 11.9 Å². The molecule has 7 heteroatoms. The smallest absolute Gasteiger partial charge is 0.262 e. The minimum Gasteiger partial charge on any atom is -0.357 e. The van der Waals surface area contributed by atoms with Crippen molar-refractivity contribution in [2.24, 2.45) is 5.92 Å². The number of hydrogen-bond acceptors (Lipinski definition) is 4. The van der Waals surface area contributed by atoms with Crippen molar-refractivity contribution in [2.75, 3.05) is 14.2 Å². The quantitative estimate of drug-likeness (QED) is 0.425. The molecule has 1 fully saturated rings. The normalized spacial score (nSPS) is 18.0. The van der Waals surface area contributed by atoms with E-state index in [1.165, 1.54) is 7.05 Å². The molecule has 1 saturated heterocycles. The first-order valence-corrected chi connectivity index (χ1v) is 8.28. The molecule has 1 aliphatic rings. The first kappa shape index (κ1) is 23.4. The molecule has 0 radical (unpaired) electrons. The first-order valence-electron chi connectivity index (χ1n) is 8.28. The molecule has 0 aromatic carbocycles. The highest BCUT2D eigenvalue weighted by molar-refractivity contribution is 6.26. The number of rotatable bonds is 7. The third-order valence-corrected chi connectivity index (χ3v) is 3.97. The summed E-state index contributed by atoms with van der Waals surface area (Å²) in [7, 11) is 1.93. The van der Waals surface area contributed by atoms with Crippen molar-refractivity contribution in [2.45, 2.75) is 39.7 Å². The second-order valence-electron chi connectivity index (χ2n) is 5.84. The molecule has 1 unspecified atom stereocenters. The molecule has 0 saturated carbocycles. The maximum Gasteiger partial charge on any atom is 0.262 e. The van der Waals surface area contributed by atoms with Crippen LogP contribution in [0.3, 0.4) is 0 Å². The van der Waals surface area contributed by atoms with Gasteiger partial charge in [-0.2, -0.15) is 0 Å². The zero-order chi connectivity index (χ0) is 20.4. The summed E-state index contributed by atoms with van der Waals surface area (Å²) in [4.78, 5) is 49.1. The lowest BCUT2D eigenvalue weighted by molar-refractivity contribution is -0.145. The molecule has 0 aliphatic carbocycles. The molecule has 1 heterocycles. The number of likely N-dealkylation sites (N-methyl/N-ethyl adjacent to an activating group) is 1. The largest absolute Gasteiger partial charge is 0.357 e. The SMILES string of the molecule is C=C(/C=C1/C(=O)N(C(CCC=O)C(=O)NC)C(=O)/C1=C/C)C(C)C.CF. The Balaban J connectivity index is 0.00000301. The van der Waals surface area contributed by atoms with Crippen LogP contribution >= 0.6 is 0 Å². The van der Waals surface area contributed by atoms with Crippen LogP contribution in [-0.2, 0) is 19.2 Å². The number of carbonyl (C=O) groups excluding carboxylic acids is 4. The molecule has 1 N–H and O–H groups in total. The van der Waals surface area contributed by atoms with Gasteiger partial charge in [0.05, 0.1) is 12.8 Å². The Kier molecular flexibility index (Phi) is 10.0. The van der Waals surface area contributed by atoms with E-state index in [9.17, 15) is 23.6 Å². The average Bonchev–Trinajstić information content (AvgIpc) is 2.87. The molecule has 3 amide bonds. The Morgan fingerprint density at radius 1 is 1.23 bits per heavy atom. The molecular weight excluding hydrogens is 339 g/mol. The van der Waals surface area contributed by atoms with Crippen LogP contribution < -0.4 is 5.32 Å². The molecule has 0 aromatic rings. The van der Waals surface area contributed by atoms with Crippen LogP contribution in [0, 0.1) is 5.92 Å². The second-order valence-corrected chi connectivity index (χ2v) is 5.84. The van der Waals surface area contributed by atoms with Crippen LogP contribution in [0.25, 0.3) is 0 Å². The lowest BCUT2D eigenvalue weighted by Crippen LogP contribution is -2.48.